The topological polar surface area (TPSA) is 63.1 Å². The lowest BCUT2D eigenvalue weighted by atomic mass is 10.2. The predicted molar refractivity (Wildman–Crippen MR) is 75.5 cm³/mol. The molecule has 6 heteroatoms. The lowest BCUT2D eigenvalue weighted by molar-refractivity contribution is 0.0689. The maximum atomic E-state index is 11.1. The smallest absolute Gasteiger partial charge is 0.354 e. The van der Waals surface area contributed by atoms with Crippen molar-refractivity contribution in [1.29, 1.82) is 0 Å². The Morgan fingerprint density at radius 3 is 2.89 bits per heavy atom. The van der Waals surface area contributed by atoms with Crippen LogP contribution in [0.25, 0.3) is 0 Å². The summed E-state index contributed by atoms with van der Waals surface area (Å²) in [6.07, 6.45) is 2.68. The monoisotopic (exact) mass is 284 g/mol. The molecule has 18 heavy (non-hydrogen) atoms. The van der Waals surface area contributed by atoms with Gasteiger partial charge in [-0.3, -0.25) is 0 Å². The van der Waals surface area contributed by atoms with Crippen molar-refractivity contribution < 1.29 is 9.90 Å². The third-order valence-corrected chi connectivity index (χ3v) is 6.14. The van der Waals surface area contributed by atoms with Gasteiger partial charge in [-0.25, -0.2) is 14.8 Å². The molecule has 1 aliphatic heterocycles. The average molecular weight is 284 g/mol. The summed E-state index contributed by atoms with van der Waals surface area (Å²) in [7, 11) is 0. The van der Waals surface area contributed by atoms with E-state index >= 15 is 0 Å². The number of carboxylic acid groups (broad SMARTS) is 1. The standard InChI is InChI=1S/C12H16N2O2S2/c1-3-8-10(18-5-4-17-8)11-13-6-7(2)9(14-11)12(15)16/h6,8,10H,3-5H2,1-2H3,(H,15,16). The lowest BCUT2D eigenvalue weighted by Crippen LogP contribution is -2.21. The fraction of sp³-hybridized carbons (Fsp3) is 0.583. The van der Waals surface area contributed by atoms with E-state index in [0.717, 1.165) is 17.9 Å². The largest absolute Gasteiger partial charge is 0.477 e. The number of carbonyl (C=O) groups is 1. The molecule has 1 aromatic rings. The van der Waals surface area contributed by atoms with Crippen molar-refractivity contribution in [3.05, 3.63) is 23.3 Å². The van der Waals surface area contributed by atoms with Gasteiger partial charge in [0.15, 0.2) is 5.69 Å². The Morgan fingerprint density at radius 2 is 2.22 bits per heavy atom. The Labute approximate surface area is 115 Å². The molecule has 2 heterocycles. The van der Waals surface area contributed by atoms with Crippen LogP contribution in [0.15, 0.2) is 6.20 Å². The van der Waals surface area contributed by atoms with Gasteiger partial charge in [-0.1, -0.05) is 6.92 Å². The number of aromatic nitrogens is 2. The van der Waals surface area contributed by atoms with E-state index in [1.807, 2.05) is 23.5 Å². The summed E-state index contributed by atoms with van der Waals surface area (Å²) in [6.45, 7) is 3.89. The van der Waals surface area contributed by atoms with Gasteiger partial charge >= 0.3 is 5.97 Å². The highest BCUT2D eigenvalue weighted by molar-refractivity contribution is 8.06. The molecule has 2 unspecified atom stereocenters. The van der Waals surface area contributed by atoms with Crippen LogP contribution in [0.3, 0.4) is 0 Å². The number of rotatable bonds is 3. The van der Waals surface area contributed by atoms with Crippen LogP contribution in [0, 0.1) is 6.92 Å². The SMILES string of the molecule is CCC1SCCSC1c1ncc(C)c(C(=O)O)n1. The molecular weight excluding hydrogens is 268 g/mol. The van der Waals surface area contributed by atoms with Crippen molar-refractivity contribution in [2.75, 3.05) is 11.5 Å². The molecule has 0 saturated carbocycles. The third kappa shape index (κ3) is 2.80. The van der Waals surface area contributed by atoms with Gasteiger partial charge in [0.05, 0.1) is 5.25 Å². The van der Waals surface area contributed by atoms with E-state index < -0.39 is 5.97 Å². The number of aryl methyl sites for hydroxylation is 1. The molecule has 2 rings (SSSR count). The zero-order valence-corrected chi connectivity index (χ0v) is 12.1. The van der Waals surface area contributed by atoms with Gasteiger partial charge in [0.25, 0.3) is 0 Å². The molecule has 1 aromatic heterocycles. The summed E-state index contributed by atoms with van der Waals surface area (Å²) in [5, 5.41) is 9.80. The van der Waals surface area contributed by atoms with E-state index in [1.54, 1.807) is 13.1 Å². The van der Waals surface area contributed by atoms with Crippen LogP contribution in [0.4, 0.5) is 0 Å². The highest BCUT2D eigenvalue weighted by Gasteiger charge is 2.29. The molecule has 0 spiro atoms. The first-order valence-electron chi connectivity index (χ1n) is 5.93. The van der Waals surface area contributed by atoms with Gasteiger partial charge in [-0.2, -0.15) is 11.8 Å². The van der Waals surface area contributed by atoms with Crippen molar-refractivity contribution in [3.8, 4) is 0 Å². The molecule has 0 bridgehead atoms. The molecular formula is C12H16N2O2S2. The van der Waals surface area contributed by atoms with Gasteiger partial charge in [-0.05, 0) is 13.3 Å². The molecule has 0 amide bonds. The van der Waals surface area contributed by atoms with Gasteiger partial charge in [0, 0.05) is 28.5 Å². The summed E-state index contributed by atoms with van der Waals surface area (Å²) in [6, 6.07) is 0. The fourth-order valence-corrected chi connectivity index (χ4v) is 4.95. The second-order valence-corrected chi connectivity index (χ2v) is 6.77. The summed E-state index contributed by atoms with van der Waals surface area (Å²) in [5.74, 6) is 1.92. The first-order chi connectivity index (χ1) is 8.63. The van der Waals surface area contributed by atoms with E-state index in [2.05, 4.69) is 16.9 Å². The first-order valence-corrected chi connectivity index (χ1v) is 8.03. The number of carboxylic acids is 1. The second kappa shape index (κ2) is 5.93. The minimum Gasteiger partial charge on any atom is -0.477 e. The summed E-state index contributed by atoms with van der Waals surface area (Å²) >= 11 is 3.77. The average Bonchev–Trinajstić information content (AvgIpc) is 2.39. The zero-order chi connectivity index (χ0) is 13.1. The van der Waals surface area contributed by atoms with Crippen LogP contribution in [-0.4, -0.2) is 37.8 Å². The third-order valence-electron chi connectivity index (χ3n) is 2.90. The number of hydrogen-bond donors (Lipinski definition) is 1. The van der Waals surface area contributed by atoms with Crippen LogP contribution in [0.5, 0.6) is 0 Å². The molecule has 2 atom stereocenters. The van der Waals surface area contributed by atoms with E-state index in [0.29, 0.717) is 16.6 Å². The van der Waals surface area contributed by atoms with E-state index in [-0.39, 0.29) is 10.9 Å². The van der Waals surface area contributed by atoms with Crippen molar-refractivity contribution in [1.82, 2.24) is 9.97 Å². The minimum absolute atomic E-state index is 0.131. The molecule has 0 radical (unpaired) electrons. The number of nitrogens with zero attached hydrogens (tertiary/aromatic N) is 2. The quantitative estimate of drug-likeness (QED) is 0.921. The first kappa shape index (κ1) is 13.7. The molecule has 1 fully saturated rings. The minimum atomic E-state index is -0.974. The normalized spacial score (nSPS) is 23.9. The zero-order valence-electron chi connectivity index (χ0n) is 10.4. The van der Waals surface area contributed by atoms with Crippen molar-refractivity contribution in [2.45, 2.75) is 30.8 Å². The number of thioether (sulfide) groups is 2. The highest BCUT2D eigenvalue weighted by atomic mass is 32.2. The van der Waals surface area contributed by atoms with Gasteiger partial charge in [-0.15, -0.1) is 11.8 Å². The molecule has 1 N–H and O–H groups in total. The number of aromatic carboxylic acids is 1. The Balaban J connectivity index is 2.32. The molecule has 4 nitrogen and oxygen atoms in total. The van der Waals surface area contributed by atoms with Crippen molar-refractivity contribution in [2.24, 2.45) is 0 Å². The Bertz CT molecular complexity index is 454. The van der Waals surface area contributed by atoms with Gasteiger partial charge in [0.1, 0.15) is 5.82 Å². The summed E-state index contributed by atoms with van der Waals surface area (Å²) in [5.41, 5.74) is 0.749. The lowest BCUT2D eigenvalue weighted by Gasteiger charge is -2.28. The van der Waals surface area contributed by atoms with Gasteiger partial charge in [0.2, 0.25) is 0 Å². The summed E-state index contributed by atoms with van der Waals surface area (Å²) < 4.78 is 0. The fourth-order valence-electron chi connectivity index (χ4n) is 1.95. The maximum Gasteiger partial charge on any atom is 0.354 e. The Hall–Kier alpha value is -0.750. The van der Waals surface area contributed by atoms with Crippen LogP contribution >= 0.6 is 23.5 Å². The molecule has 1 saturated heterocycles. The second-order valence-electron chi connectivity index (χ2n) is 4.17. The Morgan fingerprint density at radius 1 is 1.50 bits per heavy atom. The van der Waals surface area contributed by atoms with Crippen molar-refractivity contribution in [3.63, 3.8) is 0 Å². The molecule has 0 aliphatic carbocycles. The maximum absolute atomic E-state index is 11.1. The van der Waals surface area contributed by atoms with Crippen LogP contribution in [-0.2, 0) is 0 Å². The van der Waals surface area contributed by atoms with Crippen molar-refractivity contribution >= 4 is 29.5 Å². The highest BCUT2D eigenvalue weighted by Crippen LogP contribution is 2.42. The number of hydrogen-bond acceptors (Lipinski definition) is 5. The molecule has 98 valence electrons. The van der Waals surface area contributed by atoms with Crippen LogP contribution in [0.1, 0.15) is 40.5 Å². The van der Waals surface area contributed by atoms with E-state index in [9.17, 15) is 4.79 Å². The van der Waals surface area contributed by atoms with E-state index in [1.165, 1.54) is 0 Å². The van der Waals surface area contributed by atoms with Gasteiger partial charge < -0.3 is 5.11 Å². The predicted octanol–water partition coefficient (Wildman–Crippen LogP) is 2.78. The van der Waals surface area contributed by atoms with E-state index in [4.69, 9.17) is 5.11 Å². The van der Waals surface area contributed by atoms with Crippen LogP contribution in [0.2, 0.25) is 0 Å². The van der Waals surface area contributed by atoms with Crippen LogP contribution < -0.4 is 0 Å². The Kier molecular flexibility index (Phi) is 4.50. The molecule has 1 aliphatic rings. The summed E-state index contributed by atoms with van der Waals surface area (Å²) in [4.78, 5) is 19.7. The molecule has 0 aromatic carbocycles.